The molecule has 5 nitrogen and oxygen atoms in total. The number of aromatic nitrogens is 2. The second kappa shape index (κ2) is 7.06. The van der Waals surface area contributed by atoms with Gasteiger partial charge in [0.1, 0.15) is 11.6 Å². The Bertz CT molecular complexity index is 857. The normalized spacial score (nSPS) is 10.2. The van der Waals surface area contributed by atoms with E-state index in [9.17, 15) is 9.18 Å². The van der Waals surface area contributed by atoms with E-state index in [1.54, 1.807) is 42.7 Å². The third-order valence-electron chi connectivity index (χ3n) is 3.04. The third-order valence-corrected chi connectivity index (χ3v) is 3.27. The highest BCUT2D eigenvalue weighted by Gasteiger charge is 2.12. The molecule has 1 N–H and O–H groups in total. The van der Waals surface area contributed by atoms with Crippen molar-refractivity contribution < 1.29 is 13.9 Å². The van der Waals surface area contributed by atoms with Crippen molar-refractivity contribution in [3.8, 4) is 11.8 Å². The van der Waals surface area contributed by atoms with Crippen LogP contribution in [0.2, 0.25) is 5.02 Å². The number of benzene rings is 2. The lowest BCUT2D eigenvalue weighted by atomic mass is 10.2. The van der Waals surface area contributed by atoms with Gasteiger partial charge in [0.2, 0.25) is 0 Å². The van der Waals surface area contributed by atoms with Gasteiger partial charge in [-0.25, -0.2) is 14.4 Å². The molecule has 3 rings (SSSR count). The molecule has 0 saturated carbocycles. The minimum Gasteiger partial charge on any atom is -0.424 e. The molecule has 0 bridgehead atoms. The van der Waals surface area contributed by atoms with Gasteiger partial charge in [-0.05, 0) is 48.5 Å². The number of hydrogen-bond acceptors (Lipinski definition) is 4. The molecule has 7 heteroatoms. The zero-order valence-corrected chi connectivity index (χ0v) is 13.0. The van der Waals surface area contributed by atoms with Crippen LogP contribution in [0.1, 0.15) is 10.4 Å². The molecule has 0 atom stereocenters. The second-order valence-electron chi connectivity index (χ2n) is 4.74. The number of nitrogens with zero attached hydrogens (tertiary/aromatic N) is 2. The van der Waals surface area contributed by atoms with Gasteiger partial charge in [-0.3, -0.25) is 4.79 Å². The number of hydrogen-bond donors (Lipinski definition) is 1. The van der Waals surface area contributed by atoms with Gasteiger partial charge < -0.3 is 10.1 Å². The molecule has 1 amide bonds. The second-order valence-corrected chi connectivity index (χ2v) is 5.17. The summed E-state index contributed by atoms with van der Waals surface area (Å²) in [5, 5.41) is 2.83. The first-order valence-electron chi connectivity index (χ1n) is 6.93. The maximum absolute atomic E-state index is 13.7. The molecule has 0 radical (unpaired) electrons. The highest BCUT2D eigenvalue weighted by atomic mass is 35.5. The molecule has 2 aromatic carbocycles. The van der Waals surface area contributed by atoms with Crippen LogP contribution in [0.5, 0.6) is 11.8 Å². The van der Waals surface area contributed by atoms with Crippen molar-refractivity contribution in [1.29, 1.82) is 0 Å². The SMILES string of the molecule is O=C(Nc1ccc(Oc2ncccn2)cc1)c1ccc(Cl)cc1F. The Labute approximate surface area is 142 Å². The van der Waals surface area contributed by atoms with Crippen LogP contribution in [0.25, 0.3) is 0 Å². The summed E-state index contributed by atoms with van der Waals surface area (Å²) in [5.74, 6) is -0.734. The minimum absolute atomic E-state index is 0.0857. The van der Waals surface area contributed by atoms with Gasteiger partial charge >= 0.3 is 6.01 Å². The highest BCUT2D eigenvalue weighted by Crippen LogP contribution is 2.21. The maximum atomic E-state index is 13.7. The Kier molecular flexibility index (Phi) is 4.67. The van der Waals surface area contributed by atoms with Crippen molar-refractivity contribution in [2.75, 3.05) is 5.32 Å². The molecule has 0 saturated heterocycles. The first-order valence-corrected chi connectivity index (χ1v) is 7.31. The van der Waals surface area contributed by atoms with Gasteiger partial charge in [0.05, 0.1) is 5.56 Å². The largest absolute Gasteiger partial charge is 0.424 e. The lowest BCUT2D eigenvalue weighted by Crippen LogP contribution is -2.13. The van der Waals surface area contributed by atoms with E-state index in [4.69, 9.17) is 16.3 Å². The maximum Gasteiger partial charge on any atom is 0.321 e. The quantitative estimate of drug-likeness (QED) is 0.766. The van der Waals surface area contributed by atoms with Crippen molar-refractivity contribution in [2.45, 2.75) is 0 Å². The molecule has 0 aliphatic carbocycles. The van der Waals surface area contributed by atoms with Crippen LogP contribution in [0.4, 0.5) is 10.1 Å². The predicted octanol–water partition coefficient (Wildman–Crippen LogP) is 4.31. The van der Waals surface area contributed by atoms with E-state index in [-0.39, 0.29) is 16.6 Å². The van der Waals surface area contributed by atoms with Gasteiger partial charge in [0.15, 0.2) is 0 Å². The van der Waals surface area contributed by atoms with Crippen LogP contribution >= 0.6 is 11.6 Å². The molecule has 1 aromatic heterocycles. The van der Waals surface area contributed by atoms with Crippen LogP contribution < -0.4 is 10.1 Å². The number of carbonyl (C=O) groups is 1. The van der Waals surface area contributed by atoms with Crippen LogP contribution in [0, 0.1) is 5.82 Å². The topological polar surface area (TPSA) is 64.1 Å². The lowest BCUT2D eigenvalue weighted by Gasteiger charge is -2.08. The first kappa shape index (κ1) is 15.9. The van der Waals surface area contributed by atoms with E-state index in [1.165, 1.54) is 12.1 Å². The summed E-state index contributed by atoms with van der Waals surface area (Å²) in [5.41, 5.74) is 0.410. The molecule has 0 fully saturated rings. The molecule has 120 valence electrons. The van der Waals surface area contributed by atoms with E-state index in [0.717, 1.165) is 6.07 Å². The molecule has 0 aliphatic rings. The Morgan fingerprint density at radius 2 is 1.79 bits per heavy atom. The summed E-state index contributed by atoms with van der Waals surface area (Å²) < 4.78 is 19.2. The van der Waals surface area contributed by atoms with Crippen LogP contribution in [-0.4, -0.2) is 15.9 Å². The number of amides is 1. The predicted molar refractivity (Wildman–Crippen MR) is 87.9 cm³/mol. The van der Waals surface area contributed by atoms with Crippen molar-refractivity contribution in [3.05, 3.63) is 77.3 Å². The number of carbonyl (C=O) groups excluding carboxylic acids is 1. The molecule has 0 aliphatic heterocycles. The molecular formula is C17H11ClFN3O2. The molecule has 3 aromatic rings. The summed E-state index contributed by atoms with van der Waals surface area (Å²) in [6.07, 6.45) is 3.13. The molecular weight excluding hydrogens is 333 g/mol. The van der Waals surface area contributed by atoms with Crippen LogP contribution in [0.3, 0.4) is 0 Å². The zero-order valence-electron chi connectivity index (χ0n) is 12.2. The number of halogens is 2. The Morgan fingerprint density at radius 1 is 1.08 bits per heavy atom. The molecule has 1 heterocycles. The van der Waals surface area contributed by atoms with E-state index < -0.39 is 11.7 Å². The standard InChI is InChI=1S/C17H11ClFN3O2/c18-11-2-7-14(15(19)10-11)16(23)22-12-3-5-13(6-4-12)24-17-20-8-1-9-21-17/h1-10H,(H,22,23). The van der Waals surface area contributed by atoms with Crippen molar-refractivity contribution in [3.63, 3.8) is 0 Å². The van der Waals surface area contributed by atoms with E-state index in [0.29, 0.717) is 11.4 Å². The Morgan fingerprint density at radius 3 is 2.46 bits per heavy atom. The molecule has 0 unspecified atom stereocenters. The van der Waals surface area contributed by atoms with Crippen molar-refractivity contribution in [2.24, 2.45) is 0 Å². The van der Waals surface area contributed by atoms with E-state index in [2.05, 4.69) is 15.3 Å². The van der Waals surface area contributed by atoms with Gasteiger partial charge in [0.25, 0.3) is 5.91 Å². The minimum atomic E-state index is -0.679. The van der Waals surface area contributed by atoms with Crippen LogP contribution in [-0.2, 0) is 0 Å². The average Bonchev–Trinajstić information content (AvgIpc) is 2.57. The number of anilines is 1. The van der Waals surface area contributed by atoms with Gasteiger partial charge in [0, 0.05) is 23.1 Å². The monoisotopic (exact) mass is 343 g/mol. The van der Waals surface area contributed by atoms with E-state index >= 15 is 0 Å². The fourth-order valence-electron chi connectivity index (χ4n) is 1.92. The van der Waals surface area contributed by atoms with E-state index in [1.807, 2.05) is 0 Å². The van der Waals surface area contributed by atoms with Gasteiger partial charge in [-0.1, -0.05) is 11.6 Å². The highest BCUT2D eigenvalue weighted by molar-refractivity contribution is 6.30. The number of nitrogens with one attached hydrogen (secondary N) is 1. The third kappa shape index (κ3) is 3.85. The Balaban J connectivity index is 1.68. The Hall–Kier alpha value is -2.99. The van der Waals surface area contributed by atoms with Gasteiger partial charge in [-0.2, -0.15) is 0 Å². The summed E-state index contributed by atoms with van der Waals surface area (Å²) in [6.45, 7) is 0. The fraction of sp³-hybridized carbons (Fsp3) is 0. The summed E-state index contributed by atoms with van der Waals surface area (Å²) >= 11 is 5.67. The number of ether oxygens (including phenoxy) is 1. The van der Waals surface area contributed by atoms with Crippen molar-refractivity contribution in [1.82, 2.24) is 9.97 Å². The smallest absolute Gasteiger partial charge is 0.321 e. The number of rotatable bonds is 4. The van der Waals surface area contributed by atoms with Crippen molar-refractivity contribution >= 4 is 23.2 Å². The first-order chi connectivity index (χ1) is 11.6. The lowest BCUT2D eigenvalue weighted by molar-refractivity contribution is 0.102. The molecule has 0 spiro atoms. The summed E-state index contributed by atoms with van der Waals surface area (Å²) in [7, 11) is 0. The van der Waals surface area contributed by atoms with Crippen LogP contribution in [0.15, 0.2) is 60.9 Å². The fourth-order valence-corrected chi connectivity index (χ4v) is 2.08. The zero-order chi connectivity index (χ0) is 16.9. The average molecular weight is 344 g/mol. The summed E-state index contributed by atoms with van der Waals surface area (Å²) in [4.78, 5) is 20.0. The molecule has 24 heavy (non-hydrogen) atoms. The summed E-state index contributed by atoms with van der Waals surface area (Å²) in [6, 6.07) is 12.3. The van der Waals surface area contributed by atoms with Gasteiger partial charge in [-0.15, -0.1) is 0 Å².